The highest BCUT2D eigenvalue weighted by Crippen LogP contribution is 2.50. The van der Waals surface area contributed by atoms with E-state index in [0.29, 0.717) is 17.0 Å². The molecule has 1 aliphatic heterocycles. The Morgan fingerprint density at radius 3 is 3.11 bits per heavy atom. The Morgan fingerprint density at radius 1 is 1.61 bits per heavy atom. The molecule has 0 radical (unpaired) electrons. The molecule has 1 fully saturated rings. The van der Waals surface area contributed by atoms with Crippen molar-refractivity contribution in [1.29, 1.82) is 5.26 Å². The summed E-state index contributed by atoms with van der Waals surface area (Å²) in [6.45, 7) is 0. The summed E-state index contributed by atoms with van der Waals surface area (Å²) in [7, 11) is 0. The van der Waals surface area contributed by atoms with Crippen LogP contribution in [-0.4, -0.2) is 10.8 Å². The molecule has 1 aromatic rings. The topological polar surface area (TPSA) is 69.2 Å². The molecule has 0 saturated heterocycles. The summed E-state index contributed by atoms with van der Waals surface area (Å²) in [6, 6.07) is 5.85. The van der Waals surface area contributed by atoms with Crippen LogP contribution < -0.4 is 5.32 Å². The number of nitrogens with zero attached hydrogens (tertiary/aromatic N) is 1. The standard InChI is InChI=1S/C13H14N2O2S/c14-7-8-11(10-4-2-6-17-10)9-3-1-5-13(9,16)15-12(8)18/h2,4,6,9,11,15-16,18H,1,3,5H2. The first-order chi connectivity index (χ1) is 8.65. The first-order valence-electron chi connectivity index (χ1n) is 6.03. The SMILES string of the molecule is N#CC1=C(S)NC2(O)CCCC2C1c1ccco1. The lowest BCUT2D eigenvalue weighted by Gasteiger charge is -2.40. The molecule has 1 saturated carbocycles. The van der Waals surface area contributed by atoms with E-state index >= 15 is 0 Å². The molecule has 94 valence electrons. The van der Waals surface area contributed by atoms with E-state index in [0.717, 1.165) is 18.6 Å². The second-order valence-corrected chi connectivity index (χ2v) is 5.36. The number of nitrogens with one attached hydrogen (secondary N) is 1. The third-order valence-corrected chi connectivity index (χ3v) is 4.31. The molecule has 2 N–H and O–H groups in total. The van der Waals surface area contributed by atoms with Crippen LogP contribution in [0.3, 0.4) is 0 Å². The minimum absolute atomic E-state index is 0.0331. The molecule has 3 unspecified atom stereocenters. The monoisotopic (exact) mass is 262 g/mol. The fraction of sp³-hybridized carbons (Fsp3) is 0.462. The fourth-order valence-corrected chi connectivity index (χ4v) is 3.55. The first kappa shape index (κ1) is 11.7. The summed E-state index contributed by atoms with van der Waals surface area (Å²) >= 11 is 4.31. The van der Waals surface area contributed by atoms with E-state index < -0.39 is 5.72 Å². The number of aliphatic hydroxyl groups is 1. The van der Waals surface area contributed by atoms with E-state index in [-0.39, 0.29) is 11.8 Å². The van der Waals surface area contributed by atoms with Gasteiger partial charge < -0.3 is 14.8 Å². The third-order valence-electron chi connectivity index (χ3n) is 3.96. The van der Waals surface area contributed by atoms with Crippen molar-refractivity contribution in [2.75, 3.05) is 0 Å². The maximum atomic E-state index is 10.6. The fourth-order valence-electron chi connectivity index (χ4n) is 3.17. The van der Waals surface area contributed by atoms with Crippen LogP contribution in [0.5, 0.6) is 0 Å². The number of allylic oxidation sites excluding steroid dienone is 1. The summed E-state index contributed by atoms with van der Waals surface area (Å²) in [4.78, 5) is 0. The number of hydrogen-bond acceptors (Lipinski definition) is 5. The van der Waals surface area contributed by atoms with Gasteiger partial charge in [0, 0.05) is 5.92 Å². The Kier molecular flexibility index (Phi) is 2.65. The van der Waals surface area contributed by atoms with Gasteiger partial charge in [-0.25, -0.2) is 0 Å². The van der Waals surface area contributed by atoms with Crippen LogP contribution in [0, 0.1) is 17.2 Å². The molecule has 2 heterocycles. The van der Waals surface area contributed by atoms with E-state index in [2.05, 4.69) is 24.0 Å². The van der Waals surface area contributed by atoms with Crippen LogP contribution in [0.4, 0.5) is 0 Å². The maximum Gasteiger partial charge on any atom is 0.139 e. The molecule has 0 amide bonds. The zero-order valence-corrected chi connectivity index (χ0v) is 10.7. The maximum absolute atomic E-state index is 10.6. The highest BCUT2D eigenvalue weighted by Gasteiger charge is 2.51. The molecule has 1 aliphatic carbocycles. The van der Waals surface area contributed by atoms with Crippen molar-refractivity contribution >= 4 is 12.6 Å². The van der Waals surface area contributed by atoms with Gasteiger partial charge in [0.05, 0.1) is 28.9 Å². The van der Waals surface area contributed by atoms with Crippen molar-refractivity contribution in [3.05, 3.63) is 34.8 Å². The summed E-state index contributed by atoms with van der Waals surface area (Å²) in [6.07, 6.45) is 4.09. The van der Waals surface area contributed by atoms with Gasteiger partial charge >= 0.3 is 0 Å². The van der Waals surface area contributed by atoms with Gasteiger partial charge in [-0.1, -0.05) is 0 Å². The van der Waals surface area contributed by atoms with E-state index in [4.69, 9.17) is 4.42 Å². The second-order valence-electron chi connectivity index (χ2n) is 4.92. The Balaban J connectivity index is 2.12. The highest BCUT2D eigenvalue weighted by molar-refractivity contribution is 7.84. The molecule has 5 heteroatoms. The van der Waals surface area contributed by atoms with Gasteiger partial charge in [0.25, 0.3) is 0 Å². The predicted molar refractivity (Wildman–Crippen MR) is 68.5 cm³/mol. The second kappa shape index (κ2) is 4.08. The molecule has 3 rings (SSSR count). The number of fused-ring (bicyclic) bond motifs is 1. The van der Waals surface area contributed by atoms with Gasteiger partial charge in [-0.3, -0.25) is 0 Å². The van der Waals surface area contributed by atoms with Gasteiger partial charge in [-0.05, 0) is 31.4 Å². The van der Waals surface area contributed by atoms with E-state index in [1.807, 2.05) is 6.07 Å². The molecule has 2 aliphatic rings. The minimum atomic E-state index is -0.963. The molecule has 4 nitrogen and oxygen atoms in total. The zero-order chi connectivity index (χ0) is 12.8. The molecule has 0 aromatic carbocycles. The Morgan fingerprint density at radius 2 is 2.44 bits per heavy atom. The van der Waals surface area contributed by atoms with E-state index in [9.17, 15) is 10.4 Å². The van der Waals surface area contributed by atoms with E-state index in [1.54, 1.807) is 12.3 Å². The van der Waals surface area contributed by atoms with Crippen LogP contribution in [-0.2, 0) is 0 Å². The van der Waals surface area contributed by atoms with Crippen LogP contribution in [0.15, 0.2) is 33.4 Å². The lowest BCUT2D eigenvalue weighted by atomic mass is 9.77. The predicted octanol–water partition coefficient (Wildman–Crippen LogP) is 2.12. The number of thiol groups is 1. The first-order valence-corrected chi connectivity index (χ1v) is 6.47. The number of nitriles is 1. The van der Waals surface area contributed by atoms with Crippen LogP contribution in [0.1, 0.15) is 30.9 Å². The largest absolute Gasteiger partial charge is 0.469 e. The number of hydrogen-bond donors (Lipinski definition) is 3. The quantitative estimate of drug-likeness (QED) is 0.678. The van der Waals surface area contributed by atoms with Gasteiger partial charge in [0.1, 0.15) is 11.5 Å². The number of rotatable bonds is 1. The molecular weight excluding hydrogens is 248 g/mol. The van der Waals surface area contributed by atoms with Crippen molar-refractivity contribution in [3.63, 3.8) is 0 Å². The van der Waals surface area contributed by atoms with Crippen molar-refractivity contribution in [2.24, 2.45) is 5.92 Å². The van der Waals surface area contributed by atoms with Gasteiger partial charge in [-0.15, -0.1) is 12.6 Å². The molecule has 0 spiro atoms. The number of furan rings is 1. The molecule has 3 atom stereocenters. The Bertz CT molecular complexity index is 532. The highest BCUT2D eigenvalue weighted by atomic mass is 32.1. The summed E-state index contributed by atoms with van der Waals surface area (Å²) in [5.74, 6) is 0.491. The Hall–Kier alpha value is -1.38. The molecule has 1 aromatic heterocycles. The van der Waals surface area contributed by atoms with E-state index in [1.165, 1.54) is 0 Å². The average molecular weight is 262 g/mol. The van der Waals surface area contributed by atoms with Crippen LogP contribution in [0.2, 0.25) is 0 Å². The van der Waals surface area contributed by atoms with Crippen molar-refractivity contribution < 1.29 is 9.52 Å². The normalized spacial score (nSPS) is 34.9. The van der Waals surface area contributed by atoms with Crippen molar-refractivity contribution in [2.45, 2.75) is 30.9 Å². The average Bonchev–Trinajstić information content (AvgIpc) is 2.95. The minimum Gasteiger partial charge on any atom is -0.469 e. The smallest absolute Gasteiger partial charge is 0.139 e. The summed E-state index contributed by atoms with van der Waals surface area (Å²) in [5, 5.41) is 23.4. The molecule has 0 bridgehead atoms. The van der Waals surface area contributed by atoms with Gasteiger partial charge in [0.2, 0.25) is 0 Å². The zero-order valence-electron chi connectivity index (χ0n) is 9.76. The lowest BCUT2D eigenvalue weighted by molar-refractivity contribution is -0.0332. The summed E-state index contributed by atoms with van der Waals surface area (Å²) in [5.41, 5.74) is -0.417. The Labute approximate surface area is 111 Å². The van der Waals surface area contributed by atoms with Crippen LogP contribution >= 0.6 is 12.6 Å². The third kappa shape index (κ3) is 1.57. The summed E-state index contributed by atoms with van der Waals surface area (Å²) < 4.78 is 5.45. The van der Waals surface area contributed by atoms with Crippen molar-refractivity contribution in [3.8, 4) is 6.07 Å². The van der Waals surface area contributed by atoms with Crippen molar-refractivity contribution in [1.82, 2.24) is 5.32 Å². The van der Waals surface area contributed by atoms with Gasteiger partial charge in [0.15, 0.2) is 0 Å². The lowest BCUT2D eigenvalue weighted by Crippen LogP contribution is -2.52. The molecule has 18 heavy (non-hydrogen) atoms. The van der Waals surface area contributed by atoms with Gasteiger partial charge in [-0.2, -0.15) is 5.26 Å². The van der Waals surface area contributed by atoms with Crippen LogP contribution in [0.25, 0.3) is 0 Å². The molecular formula is C13H14N2O2S.